The molecule has 0 atom stereocenters. The summed E-state index contributed by atoms with van der Waals surface area (Å²) in [5.74, 6) is 0.219. The van der Waals surface area contributed by atoms with Gasteiger partial charge in [0.15, 0.2) is 0 Å². The molecule has 0 unspecified atom stereocenters. The predicted molar refractivity (Wildman–Crippen MR) is 86.7 cm³/mol. The zero-order valence-corrected chi connectivity index (χ0v) is 13.8. The summed E-state index contributed by atoms with van der Waals surface area (Å²) >= 11 is 0. The van der Waals surface area contributed by atoms with Gasteiger partial charge in [-0.3, -0.25) is 9.78 Å². The third kappa shape index (κ3) is 3.97. The Hall–Kier alpha value is -2.44. The molecule has 1 fully saturated rings. The van der Waals surface area contributed by atoms with Gasteiger partial charge in [0.1, 0.15) is 0 Å². The number of carbonyl (C=O) groups excluding carboxylic acids is 1. The molecule has 0 N–H and O–H groups in total. The van der Waals surface area contributed by atoms with E-state index in [4.69, 9.17) is 0 Å². The van der Waals surface area contributed by atoms with Crippen molar-refractivity contribution in [1.29, 1.82) is 0 Å². The van der Waals surface area contributed by atoms with E-state index in [-0.39, 0.29) is 11.8 Å². The first kappa shape index (κ1) is 17.4. The Morgan fingerprint density at radius 3 is 2.56 bits per heavy atom. The maximum atomic E-state index is 12.9. The van der Waals surface area contributed by atoms with Crippen LogP contribution in [-0.4, -0.2) is 33.9 Å². The number of hydrogen-bond donors (Lipinski definition) is 0. The third-order valence-electron chi connectivity index (χ3n) is 4.50. The van der Waals surface area contributed by atoms with Crippen molar-refractivity contribution >= 4 is 5.91 Å². The minimum absolute atomic E-state index is 0.0576. The summed E-state index contributed by atoms with van der Waals surface area (Å²) in [6.07, 6.45) is 0.302. The molecule has 0 spiro atoms. The zero-order chi connectivity index (χ0) is 18.0. The normalized spacial score (nSPS) is 16.1. The average molecular weight is 349 g/mol. The third-order valence-corrected chi connectivity index (χ3v) is 4.50. The van der Waals surface area contributed by atoms with Gasteiger partial charge in [-0.1, -0.05) is 12.1 Å². The largest absolute Gasteiger partial charge is 0.416 e. The number of benzene rings is 1. The zero-order valence-electron chi connectivity index (χ0n) is 13.8. The van der Waals surface area contributed by atoms with Gasteiger partial charge in [0.05, 0.1) is 23.1 Å². The second kappa shape index (κ2) is 6.82. The molecule has 1 aliphatic rings. The monoisotopic (exact) mass is 349 g/mol. The number of likely N-dealkylation sites (tertiary alicyclic amines) is 1. The van der Waals surface area contributed by atoms with E-state index in [9.17, 15) is 18.0 Å². The number of carbonyl (C=O) groups is 1. The molecule has 2 aromatic rings. The number of aromatic nitrogens is 2. The van der Waals surface area contributed by atoms with Crippen molar-refractivity contribution in [3.8, 4) is 11.3 Å². The number of halogens is 3. The summed E-state index contributed by atoms with van der Waals surface area (Å²) in [7, 11) is 0. The molecular formula is C18H18F3N3O. The average Bonchev–Trinajstić information content (AvgIpc) is 2.61. The molecule has 7 heteroatoms. The van der Waals surface area contributed by atoms with Crippen LogP contribution in [0, 0.1) is 0 Å². The van der Waals surface area contributed by atoms with E-state index in [1.165, 1.54) is 12.3 Å². The van der Waals surface area contributed by atoms with E-state index in [1.807, 2.05) is 0 Å². The van der Waals surface area contributed by atoms with Gasteiger partial charge in [0.2, 0.25) is 5.91 Å². The summed E-state index contributed by atoms with van der Waals surface area (Å²) in [6, 6.07) is 5.10. The molecule has 1 aromatic heterocycles. The maximum Gasteiger partial charge on any atom is 0.416 e. The SMILES string of the molecule is CC(=O)N1CCC(c2cncc(-c3cccc(C(F)(F)F)c3)n2)CC1. The van der Waals surface area contributed by atoms with Gasteiger partial charge < -0.3 is 4.90 Å². The van der Waals surface area contributed by atoms with Crippen molar-refractivity contribution in [2.24, 2.45) is 0 Å². The Morgan fingerprint density at radius 2 is 1.92 bits per heavy atom. The Kier molecular flexibility index (Phi) is 4.74. The fourth-order valence-corrected chi connectivity index (χ4v) is 3.06. The number of piperidine rings is 1. The highest BCUT2D eigenvalue weighted by atomic mass is 19.4. The Balaban J connectivity index is 1.82. The molecular weight excluding hydrogens is 331 g/mol. The first-order chi connectivity index (χ1) is 11.8. The van der Waals surface area contributed by atoms with Gasteiger partial charge in [0, 0.05) is 37.7 Å². The minimum atomic E-state index is -4.39. The van der Waals surface area contributed by atoms with Crippen molar-refractivity contribution in [1.82, 2.24) is 14.9 Å². The molecule has 1 saturated heterocycles. The smallest absolute Gasteiger partial charge is 0.343 e. The first-order valence-corrected chi connectivity index (χ1v) is 8.09. The molecule has 1 aromatic carbocycles. The summed E-state index contributed by atoms with van der Waals surface area (Å²) in [5.41, 5.74) is 0.882. The molecule has 25 heavy (non-hydrogen) atoms. The Bertz CT molecular complexity index is 768. The number of hydrogen-bond acceptors (Lipinski definition) is 3. The Morgan fingerprint density at radius 1 is 1.20 bits per heavy atom. The highest BCUT2D eigenvalue weighted by Crippen LogP contribution is 2.32. The lowest BCUT2D eigenvalue weighted by Gasteiger charge is -2.30. The highest BCUT2D eigenvalue weighted by Gasteiger charge is 2.30. The van der Waals surface area contributed by atoms with Crippen LogP contribution in [0.4, 0.5) is 13.2 Å². The van der Waals surface area contributed by atoms with Gasteiger partial charge in [-0.25, -0.2) is 4.98 Å². The van der Waals surface area contributed by atoms with E-state index in [2.05, 4.69) is 9.97 Å². The summed E-state index contributed by atoms with van der Waals surface area (Å²) in [4.78, 5) is 21.9. The second-order valence-electron chi connectivity index (χ2n) is 6.19. The summed E-state index contributed by atoms with van der Waals surface area (Å²) in [5, 5.41) is 0. The topological polar surface area (TPSA) is 46.1 Å². The minimum Gasteiger partial charge on any atom is -0.343 e. The van der Waals surface area contributed by atoms with E-state index in [0.29, 0.717) is 24.3 Å². The van der Waals surface area contributed by atoms with Crippen LogP contribution in [0.3, 0.4) is 0 Å². The highest BCUT2D eigenvalue weighted by molar-refractivity contribution is 5.73. The van der Waals surface area contributed by atoms with Crippen molar-refractivity contribution in [2.75, 3.05) is 13.1 Å². The lowest BCUT2D eigenvalue weighted by Crippen LogP contribution is -2.36. The van der Waals surface area contributed by atoms with E-state index in [0.717, 1.165) is 30.7 Å². The van der Waals surface area contributed by atoms with Crippen LogP contribution in [0.15, 0.2) is 36.7 Å². The lowest BCUT2D eigenvalue weighted by atomic mass is 9.93. The second-order valence-corrected chi connectivity index (χ2v) is 6.19. The van der Waals surface area contributed by atoms with E-state index >= 15 is 0 Å². The molecule has 4 nitrogen and oxygen atoms in total. The summed E-state index contributed by atoms with van der Waals surface area (Å²) < 4.78 is 38.7. The van der Waals surface area contributed by atoms with Gasteiger partial charge >= 0.3 is 6.18 Å². The van der Waals surface area contributed by atoms with Crippen molar-refractivity contribution < 1.29 is 18.0 Å². The van der Waals surface area contributed by atoms with Crippen molar-refractivity contribution in [2.45, 2.75) is 31.9 Å². The van der Waals surface area contributed by atoms with Crippen LogP contribution in [0.1, 0.15) is 36.9 Å². The number of amides is 1. The van der Waals surface area contributed by atoms with Gasteiger partial charge in [-0.2, -0.15) is 13.2 Å². The summed E-state index contributed by atoms with van der Waals surface area (Å²) in [6.45, 7) is 2.87. The molecule has 0 bridgehead atoms. The number of nitrogens with zero attached hydrogens (tertiary/aromatic N) is 3. The van der Waals surface area contributed by atoms with Crippen molar-refractivity contribution in [3.63, 3.8) is 0 Å². The van der Waals surface area contributed by atoms with Crippen LogP contribution in [0.2, 0.25) is 0 Å². The quantitative estimate of drug-likeness (QED) is 0.826. The van der Waals surface area contributed by atoms with Crippen LogP contribution >= 0.6 is 0 Å². The Labute approximate surface area is 143 Å². The van der Waals surface area contributed by atoms with Crippen molar-refractivity contribution in [3.05, 3.63) is 47.9 Å². The van der Waals surface area contributed by atoms with Gasteiger partial charge in [-0.15, -0.1) is 0 Å². The molecule has 0 aliphatic carbocycles. The van der Waals surface area contributed by atoms with Gasteiger partial charge in [-0.05, 0) is 25.0 Å². The molecule has 1 amide bonds. The molecule has 2 heterocycles. The number of alkyl halides is 3. The van der Waals surface area contributed by atoms with E-state index in [1.54, 1.807) is 24.1 Å². The molecule has 132 valence electrons. The van der Waals surface area contributed by atoms with Crippen LogP contribution in [0.25, 0.3) is 11.3 Å². The fourth-order valence-electron chi connectivity index (χ4n) is 3.06. The van der Waals surface area contributed by atoms with Crippen LogP contribution in [-0.2, 0) is 11.0 Å². The molecule has 1 aliphatic heterocycles. The maximum absolute atomic E-state index is 12.9. The fraction of sp³-hybridized carbons (Fsp3) is 0.389. The molecule has 3 rings (SSSR count). The van der Waals surface area contributed by atoms with Gasteiger partial charge in [0.25, 0.3) is 0 Å². The lowest BCUT2D eigenvalue weighted by molar-refractivity contribution is -0.137. The first-order valence-electron chi connectivity index (χ1n) is 8.09. The molecule has 0 radical (unpaired) electrons. The molecule has 0 saturated carbocycles. The standard InChI is InChI=1S/C18H18F3N3O/c1-12(25)24-7-5-13(6-8-24)16-10-22-11-17(23-16)14-3-2-4-15(9-14)18(19,20)21/h2-4,9-11,13H,5-8H2,1H3. The predicted octanol–water partition coefficient (Wildman–Crippen LogP) is 3.89. The van der Waals surface area contributed by atoms with Crippen LogP contribution in [0.5, 0.6) is 0 Å². The van der Waals surface area contributed by atoms with E-state index < -0.39 is 11.7 Å². The number of rotatable bonds is 2. The van der Waals surface area contributed by atoms with Crippen LogP contribution < -0.4 is 0 Å².